The zero-order chi connectivity index (χ0) is 14.2. The molecule has 0 aliphatic rings. The average molecular weight is 261 g/mol. The fourth-order valence-electron chi connectivity index (χ4n) is 2.60. The van der Waals surface area contributed by atoms with Gasteiger partial charge in [-0.15, -0.1) is 0 Å². The van der Waals surface area contributed by atoms with E-state index < -0.39 is 5.97 Å². The third kappa shape index (κ3) is 2.24. The highest BCUT2D eigenvalue weighted by Crippen LogP contribution is 2.28. The van der Waals surface area contributed by atoms with Gasteiger partial charge in [0.1, 0.15) is 0 Å². The van der Waals surface area contributed by atoms with Crippen molar-refractivity contribution >= 4 is 16.9 Å². The van der Waals surface area contributed by atoms with Gasteiger partial charge in [0.2, 0.25) is 0 Å². The van der Waals surface area contributed by atoms with Crippen LogP contribution in [0.1, 0.15) is 33.6 Å². The van der Waals surface area contributed by atoms with Crippen molar-refractivity contribution in [3.05, 3.63) is 34.5 Å². The van der Waals surface area contributed by atoms with E-state index in [1.54, 1.807) is 6.07 Å². The van der Waals surface area contributed by atoms with Crippen LogP contribution in [0, 0.1) is 13.8 Å². The van der Waals surface area contributed by atoms with Crippen molar-refractivity contribution < 1.29 is 15.0 Å². The number of aliphatic hydroxyl groups is 1. The number of aromatic carboxylic acids is 1. The molecule has 1 heterocycles. The van der Waals surface area contributed by atoms with E-state index >= 15 is 0 Å². The molecule has 0 fully saturated rings. The Labute approximate surface area is 112 Å². The Morgan fingerprint density at radius 2 is 2.00 bits per heavy atom. The first kappa shape index (κ1) is 13.6. The van der Waals surface area contributed by atoms with Gasteiger partial charge >= 0.3 is 5.97 Å². The van der Waals surface area contributed by atoms with Gasteiger partial charge in [-0.3, -0.25) is 0 Å². The zero-order valence-electron chi connectivity index (χ0n) is 11.5. The molecule has 102 valence electrons. The first-order valence-electron chi connectivity index (χ1n) is 6.40. The number of aryl methyl sites for hydroxylation is 3. The van der Waals surface area contributed by atoms with Crippen LogP contribution in [-0.2, 0) is 13.5 Å². The van der Waals surface area contributed by atoms with Crippen molar-refractivity contribution in [1.82, 2.24) is 4.57 Å². The number of rotatable bonds is 4. The van der Waals surface area contributed by atoms with Gasteiger partial charge in [0.15, 0.2) is 0 Å². The molecule has 19 heavy (non-hydrogen) atoms. The first-order chi connectivity index (χ1) is 8.97. The highest BCUT2D eigenvalue weighted by Gasteiger charge is 2.16. The van der Waals surface area contributed by atoms with Crippen LogP contribution < -0.4 is 0 Å². The van der Waals surface area contributed by atoms with E-state index in [1.807, 2.05) is 31.5 Å². The van der Waals surface area contributed by atoms with Crippen molar-refractivity contribution in [3.63, 3.8) is 0 Å². The maximum Gasteiger partial charge on any atom is 0.336 e. The molecule has 0 bridgehead atoms. The third-order valence-corrected chi connectivity index (χ3v) is 3.78. The summed E-state index contributed by atoms with van der Waals surface area (Å²) in [6.45, 7) is 4.02. The number of benzene rings is 1. The molecule has 0 saturated heterocycles. The lowest BCUT2D eigenvalue weighted by Crippen LogP contribution is -2.00. The highest BCUT2D eigenvalue weighted by atomic mass is 16.4. The number of aromatic nitrogens is 1. The van der Waals surface area contributed by atoms with Crippen molar-refractivity contribution in [2.75, 3.05) is 6.61 Å². The molecule has 2 rings (SSSR count). The molecular formula is C15H19NO3. The van der Waals surface area contributed by atoms with Crippen molar-refractivity contribution in [1.29, 1.82) is 0 Å². The smallest absolute Gasteiger partial charge is 0.336 e. The molecule has 0 aliphatic carbocycles. The number of carboxylic acids is 1. The van der Waals surface area contributed by atoms with Crippen molar-refractivity contribution in [3.8, 4) is 0 Å². The van der Waals surface area contributed by atoms with E-state index in [1.165, 1.54) is 5.56 Å². The van der Waals surface area contributed by atoms with Gasteiger partial charge in [-0.25, -0.2) is 4.79 Å². The van der Waals surface area contributed by atoms with Gasteiger partial charge in [-0.2, -0.15) is 0 Å². The number of carboxylic acid groups (broad SMARTS) is 1. The summed E-state index contributed by atoms with van der Waals surface area (Å²) in [5.41, 5.74) is 4.39. The molecule has 1 aromatic carbocycles. The molecule has 0 aliphatic heterocycles. The predicted molar refractivity (Wildman–Crippen MR) is 74.8 cm³/mol. The Hall–Kier alpha value is -1.81. The Morgan fingerprint density at radius 1 is 1.32 bits per heavy atom. The first-order valence-corrected chi connectivity index (χ1v) is 6.40. The number of aliphatic hydroxyl groups excluding tert-OH is 1. The maximum absolute atomic E-state index is 11.2. The lowest BCUT2D eigenvalue weighted by Gasteiger charge is -2.04. The molecule has 0 unspecified atom stereocenters. The predicted octanol–water partition coefficient (Wildman–Crippen LogP) is 2.42. The van der Waals surface area contributed by atoms with Crippen LogP contribution in [0.5, 0.6) is 0 Å². The summed E-state index contributed by atoms with van der Waals surface area (Å²) < 4.78 is 2.02. The summed E-state index contributed by atoms with van der Waals surface area (Å²) in [5, 5.41) is 19.3. The second-order valence-electron chi connectivity index (χ2n) is 4.94. The van der Waals surface area contributed by atoms with Crippen LogP contribution in [0.3, 0.4) is 0 Å². The minimum Gasteiger partial charge on any atom is -0.478 e. The van der Waals surface area contributed by atoms with Gasteiger partial charge in [-0.1, -0.05) is 0 Å². The normalized spacial score (nSPS) is 11.2. The molecule has 4 nitrogen and oxygen atoms in total. The summed E-state index contributed by atoms with van der Waals surface area (Å²) >= 11 is 0. The molecule has 0 saturated carbocycles. The lowest BCUT2D eigenvalue weighted by molar-refractivity contribution is 0.0696. The van der Waals surface area contributed by atoms with Gasteiger partial charge in [-0.05, 0) is 49.9 Å². The number of fused-ring (bicyclic) bond motifs is 1. The molecule has 2 aromatic rings. The topological polar surface area (TPSA) is 62.5 Å². The maximum atomic E-state index is 11.2. The van der Waals surface area contributed by atoms with E-state index in [-0.39, 0.29) is 6.61 Å². The van der Waals surface area contributed by atoms with E-state index in [2.05, 4.69) is 0 Å². The summed E-state index contributed by atoms with van der Waals surface area (Å²) in [5.74, 6) is -0.893. The Balaban J connectivity index is 2.69. The van der Waals surface area contributed by atoms with Gasteiger partial charge in [0, 0.05) is 30.3 Å². The Morgan fingerprint density at radius 3 is 2.58 bits per heavy atom. The standard InChI is InChI=1S/C15H19NO3/c1-9-7-13-11(5-4-6-17)10(2)16(3)14(13)8-12(9)15(18)19/h7-8,17H,4-6H2,1-3H3,(H,18,19). The highest BCUT2D eigenvalue weighted by molar-refractivity contribution is 5.96. The number of hydrogen-bond acceptors (Lipinski definition) is 2. The number of hydrogen-bond donors (Lipinski definition) is 2. The van der Waals surface area contributed by atoms with Crippen molar-refractivity contribution in [2.45, 2.75) is 26.7 Å². The minimum atomic E-state index is -0.893. The molecule has 1 aromatic heterocycles. The fraction of sp³-hybridized carbons (Fsp3) is 0.400. The van der Waals surface area contributed by atoms with Crippen LogP contribution in [-0.4, -0.2) is 27.4 Å². The molecule has 0 atom stereocenters. The Bertz CT molecular complexity index is 641. The van der Waals surface area contributed by atoms with Crippen LogP contribution in [0.25, 0.3) is 10.9 Å². The van der Waals surface area contributed by atoms with Crippen LogP contribution in [0.4, 0.5) is 0 Å². The third-order valence-electron chi connectivity index (χ3n) is 3.78. The molecule has 0 radical (unpaired) electrons. The zero-order valence-corrected chi connectivity index (χ0v) is 11.5. The largest absolute Gasteiger partial charge is 0.478 e. The van der Waals surface area contributed by atoms with Crippen molar-refractivity contribution in [2.24, 2.45) is 7.05 Å². The van der Waals surface area contributed by atoms with E-state index in [4.69, 9.17) is 5.11 Å². The van der Waals surface area contributed by atoms with Gasteiger partial charge in [0.25, 0.3) is 0 Å². The Kier molecular flexibility index (Phi) is 3.62. The van der Waals surface area contributed by atoms with Crippen LogP contribution in [0.15, 0.2) is 12.1 Å². The lowest BCUT2D eigenvalue weighted by atomic mass is 10.0. The second-order valence-corrected chi connectivity index (χ2v) is 4.94. The summed E-state index contributed by atoms with van der Waals surface area (Å²) in [4.78, 5) is 11.2. The molecular weight excluding hydrogens is 242 g/mol. The average Bonchev–Trinajstić information content (AvgIpc) is 2.58. The summed E-state index contributed by atoms with van der Waals surface area (Å²) in [6, 6.07) is 3.68. The van der Waals surface area contributed by atoms with Gasteiger partial charge < -0.3 is 14.8 Å². The van der Waals surface area contributed by atoms with E-state index in [9.17, 15) is 9.90 Å². The molecule has 0 spiro atoms. The van der Waals surface area contributed by atoms with E-state index in [0.717, 1.165) is 35.0 Å². The van der Waals surface area contributed by atoms with Crippen LogP contribution >= 0.6 is 0 Å². The SMILES string of the molecule is Cc1cc2c(CCCO)c(C)n(C)c2cc1C(=O)O. The minimum absolute atomic E-state index is 0.169. The monoisotopic (exact) mass is 261 g/mol. The number of nitrogens with zero attached hydrogens (tertiary/aromatic N) is 1. The fourth-order valence-corrected chi connectivity index (χ4v) is 2.60. The molecule has 4 heteroatoms. The summed E-state index contributed by atoms with van der Waals surface area (Å²) in [7, 11) is 1.95. The quantitative estimate of drug-likeness (QED) is 0.888. The second kappa shape index (κ2) is 5.05. The number of carbonyl (C=O) groups is 1. The molecule has 0 amide bonds. The summed E-state index contributed by atoms with van der Waals surface area (Å²) in [6.07, 6.45) is 1.53. The van der Waals surface area contributed by atoms with Gasteiger partial charge in [0.05, 0.1) is 5.56 Å². The van der Waals surface area contributed by atoms with E-state index in [0.29, 0.717) is 5.56 Å². The molecule has 2 N–H and O–H groups in total. The van der Waals surface area contributed by atoms with Crippen LogP contribution in [0.2, 0.25) is 0 Å².